The van der Waals surface area contributed by atoms with Crippen LogP contribution in [-0.2, 0) is 26.5 Å². The average Bonchev–Trinajstić information content (AvgIpc) is 3.82. The summed E-state index contributed by atoms with van der Waals surface area (Å²) in [5.41, 5.74) is 2.40. The van der Waals surface area contributed by atoms with E-state index in [4.69, 9.17) is 4.74 Å². The van der Waals surface area contributed by atoms with E-state index in [2.05, 4.69) is 0 Å². The van der Waals surface area contributed by atoms with E-state index in [-0.39, 0.29) is 36.8 Å². The minimum absolute atomic E-state index is 0.00710. The Labute approximate surface area is 286 Å². The molecule has 2 N–H and O–H groups in total. The van der Waals surface area contributed by atoms with Crippen molar-refractivity contribution in [1.29, 1.82) is 0 Å². The van der Waals surface area contributed by atoms with Gasteiger partial charge < -0.3 is 24.4 Å². The zero-order valence-corrected chi connectivity index (χ0v) is 29.0. The molecule has 4 heterocycles. The quantitative estimate of drug-likeness (QED) is 0.238. The molecule has 0 aromatic heterocycles. The van der Waals surface area contributed by atoms with Crippen molar-refractivity contribution in [2.75, 3.05) is 23.0 Å². The molecule has 1 spiro atoms. The molecule has 3 amide bonds. The van der Waals surface area contributed by atoms with Gasteiger partial charge in [0.1, 0.15) is 0 Å². The summed E-state index contributed by atoms with van der Waals surface area (Å²) in [5.74, 6) is -0.979. The van der Waals surface area contributed by atoms with Crippen LogP contribution in [0.4, 0.5) is 17.1 Å². The lowest BCUT2D eigenvalue weighted by atomic mass is 9.82. The fourth-order valence-corrected chi connectivity index (χ4v) is 11.7. The zero-order chi connectivity index (χ0) is 34.2. The second kappa shape index (κ2) is 11.6. The Hall–Kier alpha value is -4.35. The van der Waals surface area contributed by atoms with Crippen molar-refractivity contribution in [3.8, 4) is 0 Å². The molecule has 10 heteroatoms. The molecule has 4 aromatic rings. The first-order valence-electron chi connectivity index (χ1n) is 17.2. The summed E-state index contributed by atoms with van der Waals surface area (Å²) in [7, 11) is -3.03. The number of likely N-dealkylation sites (tertiary alicyclic amines) is 1. The number of ether oxygens (including phenoxy) is 1. The fraction of sp³-hybridized carbons (Fsp3) is 0.359. The lowest BCUT2D eigenvalue weighted by Crippen LogP contribution is -2.46. The Kier molecular flexibility index (Phi) is 7.56. The lowest BCUT2D eigenvalue weighted by molar-refractivity contribution is -0.150. The van der Waals surface area contributed by atoms with Crippen LogP contribution in [0.5, 0.6) is 0 Å². The molecule has 4 aromatic carbocycles. The van der Waals surface area contributed by atoms with Crippen molar-refractivity contribution in [2.45, 2.75) is 69.1 Å². The van der Waals surface area contributed by atoms with Gasteiger partial charge in [-0.1, -0.05) is 61.5 Å². The number of carbonyl (C=O) groups is 3. The number of hydrogen-bond acceptors (Lipinski definition) is 6. The summed E-state index contributed by atoms with van der Waals surface area (Å²) in [6.07, 6.45) is 0.862. The molecule has 4 aliphatic heterocycles. The topological polar surface area (TPSA) is 111 Å². The molecule has 0 unspecified atom stereocenters. The molecule has 252 valence electrons. The van der Waals surface area contributed by atoms with E-state index in [1.54, 1.807) is 14.7 Å². The van der Waals surface area contributed by atoms with Crippen molar-refractivity contribution < 1.29 is 29.0 Å². The molecule has 8 rings (SSSR count). The Morgan fingerprint density at radius 3 is 2.47 bits per heavy atom. The average molecular weight is 676 g/mol. The number of aliphatic hydroxyl groups is 1. The van der Waals surface area contributed by atoms with Crippen LogP contribution in [-0.4, -0.2) is 66.1 Å². The highest BCUT2D eigenvalue weighted by atomic mass is 28.4. The Morgan fingerprint density at radius 2 is 1.73 bits per heavy atom. The Bertz CT molecular complexity index is 1990. The molecule has 2 saturated heterocycles. The Balaban J connectivity index is 1.25. The maximum Gasteiger partial charge on any atom is 0.264 e. The van der Waals surface area contributed by atoms with Crippen LogP contribution in [0.1, 0.15) is 47.7 Å². The fourth-order valence-electron chi connectivity index (χ4n) is 9.14. The van der Waals surface area contributed by atoms with Crippen LogP contribution >= 0.6 is 0 Å². The maximum absolute atomic E-state index is 15.0. The highest BCUT2D eigenvalue weighted by Gasteiger charge is 2.66. The molecular formula is C39H41N3O6Si. The van der Waals surface area contributed by atoms with E-state index in [1.807, 2.05) is 105 Å². The largest absolute Gasteiger partial charge is 0.432 e. The van der Waals surface area contributed by atoms with E-state index in [9.17, 15) is 19.5 Å². The predicted octanol–water partition coefficient (Wildman–Crippen LogP) is 5.85. The van der Waals surface area contributed by atoms with Gasteiger partial charge in [-0.05, 0) is 67.2 Å². The van der Waals surface area contributed by atoms with Gasteiger partial charge in [0.2, 0.25) is 5.91 Å². The molecule has 9 nitrogen and oxygen atoms in total. The normalized spacial score (nSPS) is 26.1. The first-order chi connectivity index (χ1) is 23.5. The number of rotatable bonds is 7. The minimum Gasteiger partial charge on any atom is -0.432 e. The van der Waals surface area contributed by atoms with Gasteiger partial charge in [0.15, 0.2) is 13.9 Å². The number of aliphatic hydroxyl groups excluding tert-OH is 1. The highest BCUT2D eigenvalue weighted by Crippen LogP contribution is 2.60. The summed E-state index contributed by atoms with van der Waals surface area (Å²) in [6.45, 7) is 6.44. The number of hydrogen-bond donors (Lipinski definition) is 2. The number of fused-ring (bicyclic) bond motifs is 2. The van der Waals surface area contributed by atoms with E-state index in [0.717, 1.165) is 34.9 Å². The van der Waals surface area contributed by atoms with Gasteiger partial charge in [-0.25, -0.2) is 0 Å². The molecular weight excluding hydrogens is 635 g/mol. The third-order valence-corrected chi connectivity index (χ3v) is 13.8. The van der Waals surface area contributed by atoms with Crippen LogP contribution in [0.15, 0.2) is 84.9 Å². The van der Waals surface area contributed by atoms with Gasteiger partial charge in [-0.2, -0.15) is 0 Å². The third-order valence-electron chi connectivity index (χ3n) is 11.3. The second-order valence-electron chi connectivity index (χ2n) is 14.5. The van der Waals surface area contributed by atoms with Crippen LogP contribution < -0.4 is 9.80 Å². The number of anilines is 3. The summed E-state index contributed by atoms with van der Waals surface area (Å²) in [6, 6.07) is 26.9. The van der Waals surface area contributed by atoms with Gasteiger partial charge >= 0.3 is 0 Å². The van der Waals surface area contributed by atoms with Crippen LogP contribution in [0, 0.1) is 5.92 Å². The van der Waals surface area contributed by atoms with E-state index < -0.39 is 31.5 Å². The summed E-state index contributed by atoms with van der Waals surface area (Å²) < 4.78 is 7.00. The molecule has 0 radical (unpaired) electrons. The molecule has 49 heavy (non-hydrogen) atoms. The van der Waals surface area contributed by atoms with Gasteiger partial charge in [0.05, 0.1) is 48.7 Å². The van der Waals surface area contributed by atoms with Crippen molar-refractivity contribution in [3.63, 3.8) is 0 Å². The standard InChI is InChI=1S/C39H41N3O6Si/c1-24-36(49(2,3)47)33(21-34(44)40-19-9-14-28(40)23-43)48-39(24)30-20-27(17-18-31(30)41(38(39)46)22-25-10-5-4-6-11-25)42-32-16-8-13-26-12-7-15-29(35(26)32)37(42)45/h4-8,10-13,15-18,20,24,28,33,36,43,47H,9,14,19,21-23H2,1-3H3/t24-,28+,33+,36-,39+/m1/s1. The smallest absolute Gasteiger partial charge is 0.264 e. The van der Waals surface area contributed by atoms with Gasteiger partial charge in [0.25, 0.3) is 11.8 Å². The van der Waals surface area contributed by atoms with Gasteiger partial charge in [-0.3, -0.25) is 19.3 Å². The van der Waals surface area contributed by atoms with Crippen molar-refractivity contribution in [3.05, 3.63) is 102 Å². The summed E-state index contributed by atoms with van der Waals surface area (Å²) in [5, 5.41) is 11.8. The molecule has 0 bridgehead atoms. The predicted molar refractivity (Wildman–Crippen MR) is 190 cm³/mol. The number of nitrogens with zero attached hydrogens (tertiary/aromatic N) is 3. The number of carbonyl (C=O) groups excluding carboxylic acids is 3. The number of amides is 3. The summed E-state index contributed by atoms with van der Waals surface area (Å²) in [4.78, 5) is 59.7. The van der Waals surface area contributed by atoms with Crippen molar-refractivity contribution >= 4 is 53.9 Å². The summed E-state index contributed by atoms with van der Waals surface area (Å²) >= 11 is 0. The monoisotopic (exact) mass is 675 g/mol. The molecule has 4 aliphatic rings. The van der Waals surface area contributed by atoms with Gasteiger partial charge in [0, 0.05) is 34.6 Å². The van der Waals surface area contributed by atoms with E-state index >= 15 is 4.79 Å². The lowest BCUT2D eigenvalue weighted by Gasteiger charge is -2.33. The SMILES string of the molecule is C[C@@H]1[C@@H]([Si](C)(C)O)[C@H](CC(=O)N2CCC[C@H]2CO)O[C@@]12C(=O)N(Cc1ccccc1)c1ccc(N3C(=O)c4cccc5cccc3c45)cc12. The molecule has 0 saturated carbocycles. The number of benzene rings is 4. The highest BCUT2D eigenvalue weighted by molar-refractivity contribution is 6.71. The maximum atomic E-state index is 15.0. The minimum atomic E-state index is -3.03. The van der Waals surface area contributed by atoms with E-state index in [0.29, 0.717) is 35.6 Å². The molecule has 0 aliphatic carbocycles. The molecule has 5 atom stereocenters. The zero-order valence-electron chi connectivity index (χ0n) is 28.0. The first kappa shape index (κ1) is 31.9. The second-order valence-corrected chi connectivity index (χ2v) is 18.5. The first-order valence-corrected chi connectivity index (χ1v) is 20.2. The Morgan fingerprint density at radius 1 is 0.980 bits per heavy atom. The van der Waals surface area contributed by atoms with Crippen LogP contribution in [0.3, 0.4) is 0 Å². The van der Waals surface area contributed by atoms with Crippen molar-refractivity contribution in [1.82, 2.24) is 4.90 Å². The van der Waals surface area contributed by atoms with Gasteiger partial charge in [-0.15, -0.1) is 0 Å². The van der Waals surface area contributed by atoms with Crippen LogP contribution in [0.2, 0.25) is 18.6 Å². The van der Waals surface area contributed by atoms with E-state index in [1.165, 1.54) is 0 Å². The third kappa shape index (κ3) is 4.80. The molecule has 2 fully saturated rings. The van der Waals surface area contributed by atoms with Crippen LogP contribution in [0.25, 0.3) is 10.8 Å². The van der Waals surface area contributed by atoms with Crippen molar-refractivity contribution in [2.24, 2.45) is 5.92 Å².